The molecule has 0 saturated heterocycles. The summed E-state index contributed by atoms with van der Waals surface area (Å²) in [5.74, 6) is 0. The van der Waals surface area contributed by atoms with Gasteiger partial charge in [-0.15, -0.1) is 5.10 Å². The zero-order valence-electron chi connectivity index (χ0n) is 5.80. The summed E-state index contributed by atoms with van der Waals surface area (Å²) in [4.78, 5) is 10.0. The van der Waals surface area contributed by atoms with Gasteiger partial charge in [0.15, 0.2) is 5.52 Å². The van der Waals surface area contributed by atoms with Gasteiger partial charge in [0, 0.05) is 6.07 Å². The highest BCUT2D eigenvalue weighted by Crippen LogP contribution is 2.24. The van der Waals surface area contributed by atoms with Crippen molar-refractivity contribution in [2.24, 2.45) is 0 Å². The van der Waals surface area contributed by atoms with Gasteiger partial charge in [0.2, 0.25) is 0 Å². The maximum Gasteiger partial charge on any atom is 0.298 e. The highest BCUT2D eigenvalue weighted by atomic mass is 32.1. The van der Waals surface area contributed by atoms with Crippen LogP contribution < -0.4 is 0 Å². The minimum absolute atomic E-state index is 0.0150. The number of hydrogen-bond donors (Lipinski definition) is 0. The van der Waals surface area contributed by atoms with E-state index in [-0.39, 0.29) is 5.69 Å². The first-order valence-electron chi connectivity index (χ1n) is 3.14. The van der Waals surface area contributed by atoms with Gasteiger partial charge in [-0.3, -0.25) is 10.1 Å². The van der Waals surface area contributed by atoms with Crippen LogP contribution in [0, 0.1) is 10.1 Å². The van der Waals surface area contributed by atoms with Gasteiger partial charge in [-0.25, -0.2) is 0 Å². The molecule has 1 heterocycles. The molecule has 1 aromatic heterocycles. The van der Waals surface area contributed by atoms with Crippen molar-refractivity contribution < 1.29 is 4.92 Å². The summed E-state index contributed by atoms with van der Waals surface area (Å²) in [5, 5.41) is 14.1. The fourth-order valence-electron chi connectivity index (χ4n) is 0.937. The van der Waals surface area contributed by atoms with E-state index in [1.807, 2.05) is 0 Å². The normalized spacial score (nSPS) is 10.3. The van der Waals surface area contributed by atoms with Gasteiger partial charge >= 0.3 is 0 Å². The first-order valence-corrected chi connectivity index (χ1v) is 3.92. The van der Waals surface area contributed by atoms with Crippen LogP contribution in [0.1, 0.15) is 0 Å². The molecule has 0 aliphatic heterocycles. The average Bonchev–Trinajstić information content (AvgIpc) is 2.49. The molecule has 2 aromatic rings. The van der Waals surface area contributed by atoms with E-state index in [1.54, 1.807) is 12.1 Å². The Hall–Kier alpha value is -1.56. The van der Waals surface area contributed by atoms with Gasteiger partial charge in [0.05, 0.1) is 9.62 Å². The van der Waals surface area contributed by atoms with Gasteiger partial charge in [0.1, 0.15) is 0 Å². The van der Waals surface area contributed by atoms with Crippen LogP contribution in [-0.2, 0) is 0 Å². The van der Waals surface area contributed by atoms with Crippen molar-refractivity contribution in [2.75, 3.05) is 0 Å². The fourth-order valence-corrected chi connectivity index (χ4v) is 1.52. The lowest BCUT2D eigenvalue weighted by Crippen LogP contribution is -1.88. The SMILES string of the molecule is O=[N+]([O-])c1cccc2snnc12. The number of hydrogen-bond acceptors (Lipinski definition) is 5. The Morgan fingerprint density at radius 2 is 2.33 bits per heavy atom. The molecule has 5 nitrogen and oxygen atoms in total. The van der Waals surface area contributed by atoms with E-state index in [9.17, 15) is 10.1 Å². The topological polar surface area (TPSA) is 68.9 Å². The monoisotopic (exact) mass is 181 g/mol. The minimum Gasteiger partial charge on any atom is -0.258 e. The second kappa shape index (κ2) is 2.49. The van der Waals surface area contributed by atoms with Crippen molar-refractivity contribution in [1.82, 2.24) is 9.59 Å². The van der Waals surface area contributed by atoms with Crippen LogP contribution in [0.5, 0.6) is 0 Å². The molecule has 0 fully saturated rings. The van der Waals surface area contributed by atoms with Crippen LogP contribution in [0.2, 0.25) is 0 Å². The van der Waals surface area contributed by atoms with Crippen LogP contribution in [0.15, 0.2) is 18.2 Å². The Bertz CT molecular complexity index is 439. The molecule has 60 valence electrons. The van der Waals surface area contributed by atoms with Gasteiger partial charge in [-0.05, 0) is 17.6 Å². The molecule has 0 unspecified atom stereocenters. The average molecular weight is 181 g/mol. The number of aromatic nitrogens is 2. The van der Waals surface area contributed by atoms with E-state index in [0.717, 1.165) is 16.2 Å². The molecule has 0 aliphatic carbocycles. The quantitative estimate of drug-likeness (QED) is 0.495. The van der Waals surface area contributed by atoms with Gasteiger partial charge < -0.3 is 0 Å². The summed E-state index contributed by atoms with van der Waals surface area (Å²) < 4.78 is 4.37. The molecule has 0 amide bonds. The van der Waals surface area contributed by atoms with Crippen molar-refractivity contribution in [2.45, 2.75) is 0 Å². The first kappa shape index (κ1) is 7.11. The lowest BCUT2D eigenvalue weighted by atomic mass is 10.3. The van der Waals surface area contributed by atoms with Gasteiger partial charge in [0.25, 0.3) is 5.69 Å². The van der Waals surface area contributed by atoms with E-state index in [2.05, 4.69) is 9.59 Å². The van der Waals surface area contributed by atoms with E-state index < -0.39 is 4.92 Å². The van der Waals surface area contributed by atoms with Crippen LogP contribution >= 0.6 is 11.5 Å². The minimum atomic E-state index is -0.455. The molecule has 0 saturated carbocycles. The molecule has 0 radical (unpaired) electrons. The van der Waals surface area contributed by atoms with Crippen molar-refractivity contribution >= 4 is 27.4 Å². The highest BCUT2D eigenvalue weighted by Gasteiger charge is 2.13. The predicted octanol–water partition coefficient (Wildman–Crippen LogP) is 1.60. The smallest absolute Gasteiger partial charge is 0.258 e. The summed E-state index contributed by atoms with van der Waals surface area (Å²) in [7, 11) is 0. The predicted molar refractivity (Wildman–Crippen MR) is 44.1 cm³/mol. The van der Waals surface area contributed by atoms with Crippen LogP contribution in [-0.4, -0.2) is 14.5 Å². The highest BCUT2D eigenvalue weighted by molar-refractivity contribution is 7.13. The number of non-ortho nitro benzene ring substituents is 1. The van der Waals surface area contributed by atoms with E-state index in [0.29, 0.717) is 5.52 Å². The summed E-state index contributed by atoms with van der Waals surface area (Å²) in [6.07, 6.45) is 0. The number of rotatable bonds is 1. The van der Waals surface area contributed by atoms with Crippen molar-refractivity contribution in [3.05, 3.63) is 28.3 Å². The molecule has 1 aromatic carbocycles. The molecule has 0 bridgehead atoms. The van der Waals surface area contributed by atoms with E-state index in [4.69, 9.17) is 0 Å². The van der Waals surface area contributed by atoms with Crippen LogP contribution in [0.25, 0.3) is 10.2 Å². The number of fused-ring (bicyclic) bond motifs is 1. The third-order valence-corrected chi connectivity index (χ3v) is 2.14. The van der Waals surface area contributed by atoms with Gasteiger partial charge in [-0.2, -0.15) is 0 Å². The summed E-state index contributed by atoms with van der Waals surface area (Å²) >= 11 is 1.15. The number of benzene rings is 1. The molecular formula is C6H3N3O2S. The third kappa shape index (κ3) is 0.928. The van der Waals surface area contributed by atoms with E-state index >= 15 is 0 Å². The van der Waals surface area contributed by atoms with E-state index in [1.165, 1.54) is 6.07 Å². The summed E-state index contributed by atoms with van der Waals surface area (Å²) in [5.41, 5.74) is 0.383. The van der Waals surface area contributed by atoms with Gasteiger partial charge in [-0.1, -0.05) is 10.6 Å². The number of nitrogens with zero attached hydrogens (tertiary/aromatic N) is 3. The Balaban J connectivity index is 2.82. The Morgan fingerprint density at radius 3 is 3.08 bits per heavy atom. The fraction of sp³-hybridized carbons (Fsp3) is 0. The number of nitro groups is 1. The second-order valence-corrected chi connectivity index (χ2v) is 2.94. The van der Waals surface area contributed by atoms with Crippen molar-refractivity contribution in [1.29, 1.82) is 0 Å². The summed E-state index contributed by atoms with van der Waals surface area (Å²) in [6.45, 7) is 0. The molecule has 0 spiro atoms. The molecule has 0 atom stereocenters. The Labute approximate surface area is 71.0 Å². The zero-order valence-corrected chi connectivity index (χ0v) is 6.61. The summed E-state index contributed by atoms with van der Waals surface area (Å²) in [6, 6.07) is 4.80. The Kier molecular flexibility index (Phi) is 1.47. The van der Waals surface area contributed by atoms with Crippen LogP contribution in [0.3, 0.4) is 0 Å². The molecule has 0 N–H and O–H groups in total. The molecule has 12 heavy (non-hydrogen) atoms. The maximum absolute atomic E-state index is 10.5. The second-order valence-electron chi connectivity index (χ2n) is 2.15. The molecule has 6 heteroatoms. The van der Waals surface area contributed by atoms with Crippen molar-refractivity contribution in [3.8, 4) is 0 Å². The third-order valence-electron chi connectivity index (χ3n) is 1.45. The number of nitro benzene ring substituents is 1. The van der Waals surface area contributed by atoms with Crippen LogP contribution in [0.4, 0.5) is 5.69 Å². The lowest BCUT2D eigenvalue weighted by Gasteiger charge is -1.88. The Morgan fingerprint density at radius 1 is 1.50 bits per heavy atom. The zero-order chi connectivity index (χ0) is 8.55. The maximum atomic E-state index is 10.5. The van der Waals surface area contributed by atoms with Crippen molar-refractivity contribution in [3.63, 3.8) is 0 Å². The standard InChI is InChI=1S/C6H3N3O2S/c10-9(11)4-2-1-3-5-6(4)7-8-12-5/h1-3H. The molecule has 2 rings (SSSR count). The molecular weight excluding hydrogens is 178 g/mol. The lowest BCUT2D eigenvalue weighted by molar-refractivity contribution is -0.383. The first-order chi connectivity index (χ1) is 5.79. The molecule has 0 aliphatic rings. The largest absolute Gasteiger partial charge is 0.298 e.